The van der Waals surface area contributed by atoms with E-state index < -0.39 is 5.97 Å². The number of hydrogen-bond acceptors (Lipinski definition) is 3. The van der Waals surface area contributed by atoms with Gasteiger partial charge in [0.1, 0.15) is 11.5 Å². The normalized spacial score (nSPS) is 10.2. The van der Waals surface area contributed by atoms with Gasteiger partial charge in [0.15, 0.2) is 0 Å². The van der Waals surface area contributed by atoms with Gasteiger partial charge in [-0.25, -0.2) is 4.79 Å². The van der Waals surface area contributed by atoms with Crippen molar-refractivity contribution >= 4 is 17.6 Å². The number of halogens is 1. The Balaban J connectivity index is 2.20. The Morgan fingerprint density at radius 3 is 2.37 bits per heavy atom. The van der Waals surface area contributed by atoms with E-state index in [0.29, 0.717) is 11.5 Å². The number of rotatable bonds is 4. The van der Waals surface area contributed by atoms with Crippen molar-refractivity contribution in [3.63, 3.8) is 0 Å². The molecule has 19 heavy (non-hydrogen) atoms. The second-order valence-electron chi connectivity index (χ2n) is 3.85. The molecule has 0 aliphatic heterocycles. The molecule has 5 heteroatoms. The van der Waals surface area contributed by atoms with Crippen LogP contribution < -0.4 is 4.74 Å². The topological polar surface area (TPSA) is 66.8 Å². The van der Waals surface area contributed by atoms with Crippen molar-refractivity contribution < 1.29 is 19.7 Å². The Labute approximate surface area is 114 Å². The van der Waals surface area contributed by atoms with Crippen LogP contribution in [0.3, 0.4) is 0 Å². The monoisotopic (exact) mass is 278 g/mol. The van der Waals surface area contributed by atoms with Crippen molar-refractivity contribution in [2.75, 3.05) is 0 Å². The molecule has 0 heterocycles. The smallest absolute Gasteiger partial charge is 0.335 e. The number of aromatic carboxylic acids is 1. The molecule has 0 saturated heterocycles. The Morgan fingerprint density at radius 2 is 1.84 bits per heavy atom. The van der Waals surface area contributed by atoms with E-state index in [1.807, 2.05) is 0 Å². The summed E-state index contributed by atoms with van der Waals surface area (Å²) < 4.78 is 5.54. The molecule has 0 spiro atoms. The Kier molecular flexibility index (Phi) is 4.04. The Morgan fingerprint density at radius 1 is 1.16 bits per heavy atom. The van der Waals surface area contributed by atoms with Gasteiger partial charge >= 0.3 is 5.97 Å². The van der Waals surface area contributed by atoms with Gasteiger partial charge in [0.25, 0.3) is 0 Å². The maximum atomic E-state index is 10.8. The van der Waals surface area contributed by atoms with Gasteiger partial charge in [0.05, 0.1) is 17.2 Å². The SMILES string of the molecule is O=C(O)c1ccc(Oc2ccc(CO)cc2)c(Cl)c1. The third-order valence-electron chi connectivity index (χ3n) is 2.51. The van der Waals surface area contributed by atoms with E-state index in [-0.39, 0.29) is 17.2 Å². The fourth-order valence-corrected chi connectivity index (χ4v) is 1.73. The molecule has 2 N–H and O–H groups in total. The molecule has 0 aliphatic carbocycles. The van der Waals surface area contributed by atoms with Gasteiger partial charge in [-0.1, -0.05) is 23.7 Å². The summed E-state index contributed by atoms with van der Waals surface area (Å²) in [5.41, 5.74) is 0.882. The number of carbonyl (C=O) groups is 1. The molecule has 0 bridgehead atoms. The van der Waals surface area contributed by atoms with E-state index in [2.05, 4.69) is 0 Å². The van der Waals surface area contributed by atoms with Crippen molar-refractivity contribution in [3.05, 3.63) is 58.6 Å². The zero-order chi connectivity index (χ0) is 13.8. The van der Waals surface area contributed by atoms with Gasteiger partial charge in [0.2, 0.25) is 0 Å². The van der Waals surface area contributed by atoms with Crippen LogP contribution in [0.15, 0.2) is 42.5 Å². The van der Waals surface area contributed by atoms with Crippen molar-refractivity contribution in [1.82, 2.24) is 0 Å². The maximum absolute atomic E-state index is 10.8. The molecule has 0 aromatic heterocycles. The van der Waals surface area contributed by atoms with Crippen molar-refractivity contribution in [2.45, 2.75) is 6.61 Å². The first kappa shape index (κ1) is 13.4. The molecular weight excluding hydrogens is 268 g/mol. The molecule has 98 valence electrons. The predicted octanol–water partition coefficient (Wildman–Crippen LogP) is 3.32. The predicted molar refractivity (Wildman–Crippen MR) is 70.9 cm³/mol. The fraction of sp³-hybridized carbons (Fsp3) is 0.0714. The van der Waals surface area contributed by atoms with Crippen LogP contribution in [0.25, 0.3) is 0 Å². The zero-order valence-electron chi connectivity index (χ0n) is 9.84. The summed E-state index contributed by atoms with van der Waals surface area (Å²) in [6.45, 7) is -0.0334. The van der Waals surface area contributed by atoms with E-state index in [1.54, 1.807) is 24.3 Å². The highest BCUT2D eigenvalue weighted by Gasteiger charge is 2.08. The lowest BCUT2D eigenvalue weighted by molar-refractivity contribution is 0.0697. The molecule has 0 unspecified atom stereocenters. The first-order chi connectivity index (χ1) is 9.10. The number of benzene rings is 2. The highest BCUT2D eigenvalue weighted by Crippen LogP contribution is 2.30. The van der Waals surface area contributed by atoms with E-state index in [4.69, 9.17) is 26.6 Å². The van der Waals surface area contributed by atoms with Gasteiger partial charge in [-0.05, 0) is 35.9 Å². The molecular formula is C14H11ClO4. The van der Waals surface area contributed by atoms with Crippen LogP contribution in [0.2, 0.25) is 5.02 Å². The highest BCUT2D eigenvalue weighted by molar-refractivity contribution is 6.32. The zero-order valence-corrected chi connectivity index (χ0v) is 10.6. The van der Waals surface area contributed by atoms with Crippen LogP contribution in [-0.4, -0.2) is 16.2 Å². The minimum Gasteiger partial charge on any atom is -0.478 e. The lowest BCUT2D eigenvalue weighted by atomic mass is 10.2. The average molecular weight is 279 g/mol. The van der Waals surface area contributed by atoms with Gasteiger partial charge in [-0.3, -0.25) is 0 Å². The third-order valence-corrected chi connectivity index (χ3v) is 2.81. The number of aliphatic hydroxyl groups excluding tert-OH is 1. The first-order valence-electron chi connectivity index (χ1n) is 5.50. The minimum atomic E-state index is -1.04. The van der Waals surface area contributed by atoms with Gasteiger partial charge in [0, 0.05) is 0 Å². The van der Waals surface area contributed by atoms with Crippen molar-refractivity contribution in [1.29, 1.82) is 0 Å². The highest BCUT2D eigenvalue weighted by atomic mass is 35.5. The first-order valence-corrected chi connectivity index (χ1v) is 5.88. The van der Waals surface area contributed by atoms with Crippen LogP contribution in [0, 0.1) is 0 Å². The van der Waals surface area contributed by atoms with Crippen LogP contribution >= 0.6 is 11.6 Å². The summed E-state index contributed by atoms with van der Waals surface area (Å²) in [7, 11) is 0. The second-order valence-corrected chi connectivity index (χ2v) is 4.26. The molecule has 0 atom stereocenters. The number of aliphatic hydroxyl groups is 1. The lowest BCUT2D eigenvalue weighted by Crippen LogP contribution is -1.96. The molecule has 0 saturated carbocycles. The summed E-state index contributed by atoms with van der Waals surface area (Å²) in [5.74, 6) is -0.105. The van der Waals surface area contributed by atoms with E-state index >= 15 is 0 Å². The molecule has 0 fully saturated rings. The standard InChI is InChI=1S/C14H11ClO4/c15-12-7-10(14(17)18)3-6-13(12)19-11-4-1-9(8-16)2-5-11/h1-7,16H,8H2,(H,17,18). The molecule has 2 rings (SSSR count). The Hall–Kier alpha value is -2.04. The quantitative estimate of drug-likeness (QED) is 0.900. The fourth-order valence-electron chi connectivity index (χ4n) is 1.51. The van der Waals surface area contributed by atoms with E-state index in [9.17, 15) is 4.79 Å². The molecule has 2 aromatic rings. The molecule has 0 aliphatic rings. The van der Waals surface area contributed by atoms with Crippen molar-refractivity contribution in [3.8, 4) is 11.5 Å². The second kappa shape index (κ2) is 5.73. The molecule has 0 radical (unpaired) electrons. The largest absolute Gasteiger partial charge is 0.478 e. The number of ether oxygens (including phenoxy) is 1. The number of carboxylic acid groups (broad SMARTS) is 1. The summed E-state index contributed by atoms with van der Waals surface area (Å²) in [6, 6.07) is 11.1. The lowest BCUT2D eigenvalue weighted by Gasteiger charge is -2.08. The molecule has 0 amide bonds. The van der Waals surface area contributed by atoms with E-state index in [1.165, 1.54) is 18.2 Å². The molecule has 2 aromatic carbocycles. The number of hydrogen-bond donors (Lipinski definition) is 2. The van der Waals surface area contributed by atoms with Crippen LogP contribution in [0.4, 0.5) is 0 Å². The van der Waals surface area contributed by atoms with Crippen LogP contribution in [0.1, 0.15) is 15.9 Å². The minimum absolute atomic E-state index is 0.0334. The van der Waals surface area contributed by atoms with Gasteiger partial charge in [-0.2, -0.15) is 0 Å². The summed E-state index contributed by atoms with van der Waals surface area (Å²) in [6.07, 6.45) is 0. The summed E-state index contributed by atoms with van der Waals surface area (Å²) in [5, 5.41) is 18.0. The van der Waals surface area contributed by atoms with Gasteiger partial charge in [-0.15, -0.1) is 0 Å². The average Bonchev–Trinajstić information content (AvgIpc) is 2.41. The van der Waals surface area contributed by atoms with Crippen molar-refractivity contribution in [2.24, 2.45) is 0 Å². The van der Waals surface area contributed by atoms with Crippen LogP contribution in [-0.2, 0) is 6.61 Å². The third kappa shape index (κ3) is 3.24. The molecule has 4 nitrogen and oxygen atoms in total. The maximum Gasteiger partial charge on any atom is 0.335 e. The van der Waals surface area contributed by atoms with Gasteiger partial charge < -0.3 is 14.9 Å². The summed E-state index contributed by atoms with van der Waals surface area (Å²) in [4.78, 5) is 10.8. The van der Waals surface area contributed by atoms with Crippen LogP contribution in [0.5, 0.6) is 11.5 Å². The number of carboxylic acids is 1. The Bertz CT molecular complexity index is 593. The summed E-state index contributed by atoms with van der Waals surface area (Å²) >= 11 is 5.95. The van der Waals surface area contributed by atoms with E-state index in [0.717, 1.165) is 5.56 Å².